The van der Waals surface area contributed by atoms with Crippen molar-refractivity contribution in [1.82, 2.24) is 0 Å². The van der Waals surface area contributed by atoms with Crippen molar-refractivity contribution in [3.63, 3.8) is 0 Å². The van der Waals surface area contributed by atoms with Crippen molar-refractivity contribution in [2.45, 2.75) is 90.0 Å². The molecule has 0 heterocycles. The fraction of sp³-hybridized carbons (Fsp3) is 0.395. The lowest BCUT2D eigenvalue weighted by Crippen LogP contribution is -2.28. The molecule has 0 spiro atoms. The molecule has 0 bridgehead atoms. The van der Waals surface area contributed by atoms with Gasteiger partial charge < -0.3 is 5.11 Å². The van der Waals surface area contributed by atoms with Crippen molar-refractivity contribution in [1.29, 1.82) is 0 Å². The number of rotatable bonds is 7. The van der Waals surface area contributed by atoms with Crippen molar-refractivity contribution >= 4 is 6.21 Å². The van der Waals surface area contributed by atoms with E-state index in [-0.39, 0.29) is 10.8 Å². The first-order valence-corrected chi connectivity index (χ1v) is 15.2. The molecular weight excluding hydrogens is 486 g/mol. The average molecular weight is 530 g/mol. The lowest BCUT2D eigenvalue weighted by atomic mass is 9.64. The van der Waals surface area contributed by atoms with Gasteiger partial charge in [0.25, 0.3) is 0 Å². The molecule has 3 aliphatic rings. The quantitative estimate of drug-likeness (QED) is 0.304. The highest BCUT2D eigenvalue weighted by Crippen LogP contribution is 2.57. The standard InChI is InChI=1S/C38H43NO/c1-37(2,3)34-24-26(23-27(36(34)40)25-39-29-15-7-8-16-29)21-22-38(4,28-13-5-6-14-28)35-32-19-11-9-17-30(32)31-18-10-12-20-33(31)35/h5,9-14,17-20,23-25,29,35,40H,6-8,15-16,21-22H2,1-4H3. The lowest BCUT2D eigenvalue weighted by molar-refractivity contribution is 0.330. The Bertz CT molecular complexity index is 1450. The summed E-state index contributed by atoms with van der Waals surface area (Å²) in [6, 6.07) is 22.8. The minimum atomic E-state index is -0.153. The van der Waals surface area contributed by atoms with Crippen LogP contribution >= 0.6 is 0 Å². The van der Waals surface area contributed by atoms with Crippen molar-refractivity contribution < 1.29 is 5.11 Å². The third kappa shape index (κ3) is 4.87. The van der Waals surface area contributed by atoms with Crippen LogP contribution in [0.15, 0.2) is 89.5 Å². The Labute approximate surface area is 240 Å². The minimum absolute atomic E-state index is 0.0619. The monoisotopic (exact) mass is 529 g/mol. The zero-order valence-electron chi connectivity index (χ0n) is 24.6. The zero-order valence-corrected chi connectivity index (χ0v) is 24.6. The number of aromatic hydroxyl groups is 1. The molecule has 6 rings (SSSR count). The molecule has 3 aromatic rings. The molecule has 0 saturated heterocycles. The van der Waals surface area contributed by atoms with E-state index < -0.39 is 0 Å². The predicted octanol–water partition coefficient (Wildman–Crippen LogP) is 9.69. The highest BCUT2D eigenvalue weighted by molar-refractivity contribution is 5.85. The molecule has 1 unspecified atom stereocenters. The van der Waals surface area contributed by atoms with E-state index in [9.17, 15) is 5.11 Å². The van der Waals surface area contributed by atoms with Gasteiger partial charge in [-0.1, -0.05) is 113 Å². The van der Waals surface area contributed by atoms with Gasteiger partial charge in [0.1, 0.15) is 5.75 Å². The lowest BCUT2D eigenvalue weighted by Gasteiger charge is -2.38. The van der Waals surface area contributed by atoms with Gasteiger partial charge in [0.2, 0.25) is 0 Å². The maximum atomic E-state index is 11.3. The Kier molecular flexibility index (Phi) is 7.07. The maximum absolute atomic E-state index is 11.3. The van der Waals surface area contributed by atoms with Crippen LogP contribution in [0.3, 0.4) is 0 Å². The molecule has 1 fully saturated rings. The van der Waals surface area contributed by atoms with Crippen molar-refractivity contribution in [2.24, 2.45) is 10.4 Å². The SMILES string of the molecule is CC(C)(C)c1cc(CCC(C)(C2=CCC=C2)C2c3ccccc3-c3ccccc32)cc(C=NC2CCCC2)c1O. The fourth-order valence-electron chi connectivity index (χ4n) is 7.36. The molecule has 3 aliphatic carbocycles. The van der Waals surface area contributed by atoms with E-state index in [1.807, 2.05) is 6.21 Å². The zero-order chi connectivity index (χ0) is 27.9. The molecule has 2 nitrogen and oxygen atoms in total. The van der Waals surface area contributed by atoms with Crippen LogP contribution in [0, 0.1) is 5.41 Å². The van der Waals surface area contributed by atoms with Crippen molar-refractivity contribution in [2.75, 3.05) is 0 Å². The second-order valence-electron chi connectivity index (χ2n) is 13.4. The Balaban J connectivity index is 1.39. The smallest absolute Gasteiger partial charge is 0.128 e. The molecule has 0 amide bonds. The highest BCUT2D eigenvalue weighted by atomic mass is 16.3. The van der Waals surface area contributed by atoms with Gasteiger partial charge in [0.15, 0.2) is 0 Å². The van der Waals surface area contributed by atoms with Crippen LogP contribution in [-0.2, 0) is 11.8 Å². The van der Waals surface area contributed by atoms with Crippen molar-refractivity contribution in [3.8, 4) is 16.9 Å². The van der Waals surface area contributed by atoms with E-state index in [0.717, 1.165) is 43.2 Å². The van der Waals surface area contributed by atoms with E-state index in [0.29, 0.717) is 17.7 Å². The summed E-state index contributed by atoms with van der Waals surface area (Å²) < 4.78 is 0. The van der Waals surface area contributed by atoms with E-state index in [4.69, 9.17) is 4.99 Å². The minimum Gasteiger partial charge on any atom is -0.507 e. The summed E-state index contributed by atoms with van der Waals surface area (Å²) in [7, 11) is 0. The summed E-state index contributed by atoms with van der Waals surface area (Å²) in [6.45, 7) is 9.04. The van der Waals surface area contributed by atoms with Crippen LogP contribution in [0.4, 0.5) is 0 Å². The van der Waals surface area contributed by atoms with Crippen LogP contribution in [0.2, 0.25) is 0 Å². The molecular formula is C38H43NO. The Morgan fingerprint density at radius 3 is 2.15 bits per heavy atom. The summed E-state index contributed by atoms with van der Waals surface area (Å²) in [4.78, 5) is 4.90. The van der Waals surface area contributed by atoms with Gasteiger partial charge in [-0.25, -0.2) is 0 Å². The second-order valence-corrected chi connectivity index (χ2v) is 13.4. The third-order valence-corrected chi connectivity index (χ3v) is 9.59. The summed E-state index contributed by atoms with van der Waals surface area (Å²) in [5.74, 6) is 0.692. The maximum Gasteiger partial charge on any atom is 0.128 e. The largest absolute Gasteiger partial charge is 0.507 e. The topological polar surface area (TPSA) is 32.6 Å². The summed E-state index contributed by atoms with van der Waals surface area (Å²) in [5.41, 5.74) is 10.0. The summed E-state index contributed by atoms with van der Waals surface area (Å²) in [6.07, 6.45) is 16.9. The number of nitrogens with zero attached hydrogens (tertiary/aromatic N) is 1. The molecule has 2 heteroatoms. The predicted molar refractivity (Wildman–Crippen MR) is 169 cm³/mol. The van der Waals surface area contributed by atoms with Crippen LogP contribution in [-0.4, -0.2) is 17.4 Å². The second kappa shape index (κ2) is 10.5. The number of hydrogen-bond donors (Lipinski definition) is 1. The molecule has 0 aliphatic heterocycles. The number of aryl methyl sites for hydroxylation is 1. The van der Waals surface area contributed by atoms with E-state index in [1.54, 1.807) is 0 Å². The van der Waals surface area contributed by atoms with Crippen molar-refractivity contribution in [3.05, 3.63) is 112 Å². The molecule has 1 atom stereocenters. The van der Waals surface area contributed by atoms with Gasteiger partial charge in [-0.3, -0.25) is 4.99 Å². The van der Waals surface area contributed by atoms with E-state index in [2.05, 4.69) is 107 Å². The number of benzene rings is 3. The number of allylic oxidation sites excluding steroid dienone is 4. The third-order valence-electron chi connectivity index (χ3n) is 9.59. The van der Waals surface area contributed by atoms with E-state index in [1.165, 1.54) is 46.2 Å². The molecule has 0 radical (unpaired) electrons. The molecule has 206 valence electrons. The number of phenolic OH excluding ortho intramolecular Hbond substituents is 1. The first-order chi connectivity index (χ1) is 19.3. The normalized spacial score (nSPS) is 18.8. The van der Waals surface area contributed by atoms with Gasteiger partial charge in [0, 0.05) is 34.7 Å². The molecule has 3 aromatic carbocycles. The van der Waals surface area contributed by atoms with Crippen LogP contribution in [0.1, 0.15) is 100.0 Å². The van der Waals surface area contributed by atoms with Crippen LogP contribution in [0.25, 0.3) is 11.1 Å². The van der Waals surface area contributed by atoms with Gasteiger partial charge in [0.05, 0.1) is 0 Å². The molecule has 1 N–H and O–H groups in total. The van der Waals surface area contributed by atoms with E-state index >= 15 is 0 Å². The molecule has 1 saturated carbocycles. The van der Waals surface area contributed by atoms with Crippen LogP contribution < -0.4 is 0 Å². The number of hydrogen-bond acceptors (Lipinski definition) is 2. The fourth-order valence-corrected chi connectivity index (χ4v) is 7.36. The Morgan fingerprint density at radius 2 is 1.55 bits per heavy atom. The van der Waals surface area contributed by atoms with Gasteiger partial charge in [-0.2, -0.15) is 0 Å². The first kappa shape index (κ1) is 26.8. The van der Waals surface area contributed by atoms with Crippen LogP contribution in [0.5, 0.6) is 5.75 Å². The Hall–Kier alpha value is -3.39. The number of phenols is 1. The summed E-state index contributed by atoms with van der Waals surface area (Å²) in [5, 5.41) is 11.3. The first-order valence-electron chi connectivity index (χ1n) is 15.2. The van der Waals surface area contributed by atoms with Gasteiger partial charge in [-0.05, 0) is 77.0 Å². The summed E-state index contributed by atoms with van der Waals surface area (Å²) >= 11 is 0. The number of fused-ring (bicyclic) bond motifs is 3. The molecule has 0 aromatic heterocycles. The highest BCUT2D eigenvalue weighted by Gasteiger charge is 2.43. The Morgan fingerprint density at radius 1 is 0.900 bits per heavy atom. The number of aliphatic imine (C=N–C) groups is 1. The van der Waals surface area contributed by atoms with Gasteiger partial charge in [-0.15, -0.1) is 0 Å². The van der Waals surface area contributed by atoms with Gasteiger partial charge >= 0.3 is 0 Å². The molecule has 40 heavy (non-hydrogen) atoms. The average Bonchev–Trinajstić information content (AvgIpc) is 3.72.